The van der Waals surface area contributed by atoms with Crippen LogP contribution in [0.25, 0.3) is 0 Å². The molecule has 1 aliphatic rings. The summed E-state index contributed by atoms with van der Waals surface area (Å²) in [5, 5.41) is 5.20. The third-order valence-corrected chi connectivity index (χ3v) is 3.48. The Morgan fingerprint density at radius 1 is 1.27 bits per heavy atom. The van der Waals surface area contributed by atoms with Crippen molar-refractivity contribution in [3.05, 3.63) is 53.3 Å². The van der Waals surface area contributed by atoms with Gasteiger partial charge in [0.15, 0.2) is 0 Å². The van der Waals surface area contributed by atoms with Gasteiger partial charge in [0.25, 0.3) is 0 Å². The summed E-state index contributed by atoms with van der Waals surface area (Å²) in [5.74, 6) is -0.853. The van der Waals surface area contributed by atoms with Crippen LogP contribution in [-0.2, 0) is 4.79 Å². The van der Waals surface area contributed by atoms with E-state index in [0.717, 1.165) is 6.07 Å². The molecule has 2 aromatic rings. The van der Waals surface area contributed by atoms with Crippen LogP contribution in [0.2, 0.25) is 5.02 Å². The minimum absolute atomic E-state index is 0.0883. The van der Waals surface area contributed by atoms with Gasteiger partial charge in [-0.1, -0.05) is 23.7 Å². The zero-order valence-corrected chi connectivity index (χ0v) is 12.0. The number of nitrogens with zero attached hydrogens (tertiary/aromatic N) is 1. The summed E-state index contributed by atoms with van der Waals surface area (Å²) in [6, 6.07) is 10.3. The molecule has 0 unspecified atom stereocenters. The highest BCUT2D eigenvalue weighted by Crippen LogP contribution is 2.29. The van der Waals surface area contributed by atoms with Gasteiger partial charge in [-0.15, -0.1) is 0 Å². The fourth-order valence-electron chi connectivity index (χ4n) is 2.18. The van der Waals surface area contributed by atoms with E-state index in [1.165, 1.54) is 17.0 Å². The smallest absolute Gasteiger partial charge is 0.323 e. The van der Waals surface area contributed by atoms with E-state index in [-0.39, 0.29) is 17.5 Å². The largest absolute Gasteiger partial charge is 0.326 e. The average Bonchev–Trinajstić information content (AvgIpc) is 2.50. The van der Waals surface area contributed by atoms with Crippen LogP contribution in [0.15, 0.2) is 42.5 Å². The molecule has 3 rings (SSSR count). The zero-order valence-electron chi connectivity index (χ0n) is 11.3. The Morgan fingerprint density at radius 3 is 2.82 bits per heavy atom. The van der Waals surface area contributed by atoms with Crippen LogP contribution in [-0.4, -0.2) is 18.5 Å². The van der Waals surface area contributed by atoms with Crippen molar-refractivity contribution >= 4 is 40.6 Å². The Labute approximate surface area is 130 Å². The summed E-state index contributed by atoms with van der Waals surface area (Å²) in [6.07, 6.45) is 0. The molecule has 2 N–H and O–H groups in total. The van der Waals surface area contributed by atoms with Crippen LogP contribution in [0.1, 0.15) is 0 Å². The predicted molar refractivity (Wildman–Crippen MR) is 82.8 cm³/mol. The third-order valence-electron chi connectivity index (χ3n) is 3.19. The van der Waals surface area contributed by atoms with E-state index < -0.39 is 11.8 Å². The van der Waals surface area contributed by atoms with Crippen LogP contribution in [0.3, 0.4) is 0 Å². The maximum Gasteiger partial charge on any atom is 0.326 e. The minimum atomic E-state index is -0.567. The summed E-state index contributed by atoms with van der Waals surface area (Å²) in [5.41, 5.74) is 1.50. The van der Waals surface area contributed by atoms with Gasteiger partial charge in [-0.3, -0.25) is 9.69 Å². The number of benzene rings is 2. The Kier molecular flexibility index (Phi) is 3.68. The highest BCUT2D eigenvalue weighted by Gasteiger charge is 2.26. The highest BCUT2D eigenvalue weighted by atomic mass is 35.5. The van der Waals surface area contributed by atoms with Gasteiger partial charge in [-0.05, 0) is 30.3 Å². The van der Waals surface area contributed by atoms with E-state index in [2.05, 4.69) is 10.6 Å². The third kappa shape index (κ3) is 2.73. The molecule has 5 nitrogen and oxygen atoms in total. The van der Waals surface area contributed by atoms with E-state index >= 15 is 0 Å². The van der Waals surface area contributed by atoms with Gasteiger partial charge in [-0.25, -0.2) is 9.18 Å². The number of para-hydroxylation sites is 2. The fourth-order valence-corrected chi connectivity index (χ4v) is 2.36. The van der Waals surface area contributed by atoms with Crippen molar-refractivity contribution in [1.82, 2.24) is 0 Å². The van der Waals surface area contributed by atoms with Crippen molar-refractivity contribution in [2.24, 2.45) is 0 Å². The Balaban J connectivity index is 1.86. The van der Waals surface area contributed by atoms with Crippen molar-refractivity contribution in [3.63, 3.8) is 0 Å². The number of anilines is 3. The Bertz CT molecular complexity index is 766. The van der Waals surface area contributed by atoms with E-state index in [1.807, 2.05) is 0 Å². The Morgan fingerprint density at radius 2 is 2.05 bits per heavy atom. The van der Waals surface area contributed by atoms with Crippen LogP contribution < -0.4 is 15.5 Å². The molecule has 0 aromatic heterocycles. The molecular weight excluding hydrogens is 309 g/mol. The summed E-state index contributed by atoms with van der Waals surface area (Å²) in [4.78, 5) is 25.4. The maximum atomic E-state index is 13.1. The zero-order chi connectivity index (χ0) is 15.7. The molecule has 22 heavy (non-hydrogen) atoms. The van der Waals surface area contributed by atoms with Gasteiger partial charge in [0, 0.05) is 5.69 Å². The fraction of sp³-hybridized carbons (Fsp3) is 0.0667. The lowest BCUT2D eigenvalue weighted by Crippen LogP contribution is -2.44. The Hall–Kier alpha value is -2.60. The van der Waals surface area contributed by atoms with Gasteiger partial charge >= 0.3 is 6.03 Å². The molecule has 1 heterocycles. The molecule has 112 valence electrons. The van der Waals surface area contributed by atoms with E-state index in [4.69, 9.17) is 11.6 Å². The lowest BCUT2D eigenvalue weighted by molar-refractivity contribution is -0.115. The molecular formula is C15H11ClFN3O2. The van der Waals surface area contributed by atoms with Crippen LogP contribution >= 0.6 is 11.6 Å². The lowest BCUT2D eigenvalue weighted by atomic mass is 10.2. The van der Waals surface area contributed by atoms with Crippen LogP contribution in [0.4, 0.5) is 26.2 Å². The standard InChI is InChI=1S/C15H11ClFN3O2/c16-10-7-9(5-6-11(10)17)18-15(22)20-8-14(21)19-12-3-1-2-4-13(12)20/h1-7H,8H2,(H,18,22)(H,19,21). The summed E-state index contributed by atoms with van der Waals surface area (Å²) >= 11 is 5.68. The van der Waals surface area contributed by atoms with Gasteiger partial charge < -0.3 is 10.6 Å². The lowest BCUT2D eigenvalue weighted by Gasteiger charge is -2.29. The molecule has 0 fully saturated rings. The first-order chi connectivity index (χ1) is 10.5. The second kappa shape index (κ2) is 5.65. The monoisotopic (exact) mass is 319 g/mol. The van der Waals surface area contributed by atoms with Crippen molar-refractivity contribution < 1.29 is 14.0 Å². The average molecular weight is 320 g/mol. The van der Waals surface area contributed by atoms with Crippen molar-refractivity contribution in [2.75, 3.05) is 22.1 Å². The number of hydrogen-bond acceptors (Lipinski definition) is 2. The summed E-state index contributed by atoms with van der Waals surface area (Å²) < 4.78 is 13.1. The predicted octanol–water partition coefficient (Wildman–Crippen LogP) is 3.47. The number of carbonyl (C=O) groups is 2. The highest BCUT2D eigenvalue weighted by molar-refractivity contribution is 6.31. The molecule has 0 atom stereocenters. The van der Waals surface area contributed by atoms with Gasteiger partial charge in [0.2, 0.25) is 5.91 Å². The number of rotatable bonds is 1. The molecule has 0 spiro atoms. The number of carbonyl (C=O) groups excluding carboxylic acids is 2. The first-order valence-electron chi connectivity index (χ1n) is 6.47. The summed E-state index contributed by atoms with van der Waals surface area (Å²) in [6.45, 7) is -0.0994. The first-order valence-corrected chi connectivity index (χ1v) is 6.85. The molecule has 0 saturated carbocycles. The molecule has 7 heteroatoms. The van der Waals surface area contributed by atoms with Crippen LogP contribution in [0.5, 0.6) is 0 Å². The van der Waals surface area contributed by atoms with E-state index in [0.29, 0.717) is 17.1 Å². The van der Waals surface area contributed by atoms with E-state index in [1.54, 1.807) is 24.3 Å². The molecule has 1 aliphatic heterocycles. The minimum Gasteiger partial charge on any atom is -0.323 e. The second-order valence-corrected chi connectivity index (χ2v) is 5.12. The van der Waals surface area contributed by atoms with Crippen LogP contribution in [0, 0.1) is 5.82 Å². The number of nitrogens with one attached hydrogen (secondary N) is 2. The number of urea groups is 1. The topological polar surface area (TPSA) is 61.4 Å². The molecule has 0 bridgehead atoms. The molecule has 3 amide bonds. The number of hydrogen-bond donors (Lipinski definition) is 2. The van der Waals surface area contributed by atoms with Gasteiger partial charge in [0.05, 0.1) is 16.4 Å². The molecule has 0 saturated heterocycles. The van der Waals surface area contributed by atoms with Crippen molar-refractivity contribution in [2.45, 2.75) is 0 Å². The number of halogens is 2. The summed E-state index contributed by atoms with van der Waals surface area (Å²) in [7, 11) is 0. The van der Waals surface area contributed by atoms with Gasteiger partial charge in [0.1, 0.15) is 12.4 Å². The van der Waals surface area contributed by atoms with Crippen molar-refractivity contribution in [1.29, 1.82) is 0 Å². The molecule has 0 aliphatic carbocycles. The second-order valence-electron chi connectivity index (χ2n) is 4.71. The number of fused-ring (bicyclic) bond motifs is 1. The van der Waals surface area contributed by atoms with Crippen molar-refractivity contribution in [3.8, 4) is 0 Å². The quantitative estimate of drug-likeness (QED) is 0.845. The van der Waals surface area contributed by atoms with E-state index in [9.17, 15) is 14.0 Å². The SMILES string of the molecule is O=C1CN(C(=O)Nc2ccc(F)c(Cl)c2)c2ccccc2N1. The normalized spacial score (nSPS) is 13.4. The van der Waals surface area contributed by atoms with Gasteiger partial charge in [-0.2, -0.15) is 0 Å². The number of amides is 3. The molecule has 0 radical (unpaired) electrons. The molecule has 2 aromatic carbocycles. The maximum absolute atomic E-state index is 13.1. The first kappa shape index (κ1) is 14.3.